The number of nitrogens with zero attached hydrogens (tertiary/aromatic N) is 3. The molecule has 0 aliphatic carbocycles. The van der Waals surface area contributed by atoms with Gasteiger partial charge in [-0.15, -0.1) is 24.0 Å². The number of methoxy groups -OCH3 is 1. The molecule has 2 saturated heterocycles. The Morgan fingerprint density at radius 2 is 1.74 bits per heavy atom. The van der Waals surface area contributed by atoms with Crippen LogP contribution in [0.1, 0.15) is 57.1 Å². The van der Waals surface area contributed by atoms with Crippen LogP contribution in [0.2, 0.25) is 0 Å². The van der Waals surface area contributed by atoms with Gasteiger partial charge in [0, 0.05) is 18.7 Å². The van der Waals surface area contributed by atoms with E-state index in [-0.39, 0.29) is 30.0 Å². The highest BCUT2D eigenvalue weighted by molar-refractivity contribution is 14.0. The first-order valence-electron chi connectivity index (χ1n) is 11.9. The summed E-state index contributed by atoms with van der Waals surface area (Å²) in [5.74, 6) is 1.89. The highest BCUT2D eigenvalue weighted by Crippen LogP contribution is 2.31. The zero-order valence-corrected chi connectivity index (χ0v) is 21.8. The third kappa shape index (κ3) is 8.42. The van der Waals surface area contributed by atoms with Crippen LogP contribution in [0.3, 0.4) is 0 Å². The van der Waals surface area contributed by atoms with E-state index < -0.39 is 0 Å². The predicted molar refractivity (Wildman–Crippen MR) is 141 cm³/mol. The van der Waals surface area contributed by atoms with Gasteiger partial charge in [0.25, 0.3) is 0 Å². The maximum atomic E-state index is 5.66. The number of benzene rings is 1. The number of ether oxygens (including phenoxy) is 1. The van der Waals surface area contributed by atoms with E-state index in [9.17, 15) is 0 Å². The van der Waals surface area contributed by atoms with Gasteiger partial charge in [-0.2, -0.15) is 0 Å². The van der Waals surface area contributed by atoms with Crippen molar-refractivity contribution >= 4 is 29.9 Å². The Morgan fingerprint density at radius 3 is 2.45 bits per heavy atom. The fraction of sp³-hybridized carbons (Fsp3) is 0.708. The number of hydrogen-bond donors (Lipinski definition) is 2. The molecule has 0 amide bonds. The zero-order valence-electron chi connectivity index (χ0n) is 19.4. The van der Waals surface area contributed by atoms with Crippen molar-refractivity contribution in [1.82, 2.24) is 20.4 Å². The molecule has 2 aliphatic heterocycles. The lowest BCUT2D eigenvalue weighted by molar-refractivity contribution is 0.245. The molecular formula is C24H42IN5O. The van der Waals surface area contributed by atoms with Gasteiger partial charge in [-0.1, -0.05) is 18.2 Å². The van der Waals surface area contributed by atoms with Gasteiger partial charge in [0.2, 0.25) is 0 Å². The molecule has 3 rings (SSSR count). The summed E-state index contributed by atoms with van der Waals surface area (Å²) in [6.07, 6.45) is 7.72. The molecule has 1 aromatic carbocycles. The Balaban J connectivity index is 0.00000341. The monoisotopic (exact) mass is 543 g/mol. The van der Waals surface area contributed by atoms with Gasteiger partial charge in [-0.3, -0.25) is 9.89 Å². The Hall–Kier alpha value is -1.06. The van der Waals surface area contributed by atoms with E-state index in [0.717, 1.165) is 44.4 Å². The van der Waals surface area contributed by atoms with Crippen molar-refractivity contribution in [3.05, 3.63) is 29.8 Å². The number of unbranched alkanes of at least 4 members (excludes halogenated alkanes) is 1. The molecule has 176 valence electrons. The van der Waals surface area contributed by atoms with Crippen LogP contribution in [-0.4, -0.2) is 75.2 Å². The van der Waals surface area contributed by atoms with Crippen LogP contribution in [0.4, 0.5) is 0 Å². The van der Waals surface area contributed by atoms with Gasteiger partial charge in [0.1, 0.15) is 5.75 Å². The molecule has 0 spiro atoms. The average Bonchev–Trinajstić information content (AvgIpc) is 3.48. The molecule has 0 radical (unpaired) electrons. The summed E-state index contributed by atoms with van der Waals surface area (Å²) in [4.78, 5) is 10.1. The Kier molecular flexibility index (Phi) is 12.6. The van der Waals surface area contributed by atoms with E-state index in [2.05, 4.69) is 45.6 Å². The van der Waals surface area contributed by atoms with Gasteiger partial charge in [0.15, 0.2) is 5.96 Å². The van der Waals surface area contributed by atoms with Crippen molar-refractivity contribution in [1.29, 1.82) is 0 Å². The van der Waals surface area contributed by atoms with Crippen LogP contribution in [0.5, 0.6) is 5.75 Å². The number of likely N-dealkylation sites (tertiary alicyclic amines) is 2. The summed E-state index contributed by atoms with van der Waals surface area (Å²) in [6.45, 7) is 10.8. The van der Waals surface area contributed by atoms with Crippen molar-refractivity contribution in [3.8, 4) is 5.75 Å². The SMILES string of the molecule is CCNC(=NCC(c1ccccc1OC)N1CCCC1)NCCCCN1CCCC1.I. The van der Waals surface area contributed by atoms with Gasteiger partial charge in [-0.25, -0.2) is 0 Å². The van der Waals surface area contributed by atoms with Crippen molar-refractivity contribution in [2.45, 2.75) is 51.5 Å². The number of rotatable bonds is 11. The minimum Gasteiger partial charge on any atom is -0.496 e. The quantitative estimate of drug-likeness (QED) is 0.192. The summed E-state index contributed by atoms with van der Waals surface area (Å²) in [7, 11) is 1.76. The first-order valence-corrected chi connectivity index (χ1v) is 11.9. The highest BCUT2D eigenvalue weighted by Gasteiger charge is 2.25. The van der Waals surface area contributed by atoms with Crippen LogP contribution >= 0.6 is 24.0 Å². The van der Waals surface area contributed by atoms with Crippen molar-refractivity contribution in [2.24, 2.45) is 4.99 Å². The number of halogens is 1. The number of para-hydroxylation sites is 1. The van der Waals surface area contributed by atoms with Crippen LogP contribution in [-0.2, 0) is 0 Å². The topological polar surface area (TPSA) is 52.1 Å². The number of aliphatic imine (C=N–C) groups is 1. The van der Waals surface area contributed by atoms with Crippen LogP contribution in [0.25, 0.3) is 0 Å². The summed E-state index contributed by atoms with van der Waals surface area (Å²) in [6, 6.07) is 8.66. The molecule has 6 nitrogen and oxygen atoms in total. The van der Waals surface area contributed by atoms with Crippen LogP contribution < -0.4 is 15.4 Å². The van der Waals surface area contributed by atoms with Gasteiger partial charge >= 0.3 is 0 Å². The lowest BCUT2D eigenvalue weighted by Crippen LogP contribution is -2.39. The molecule has 1 aromatic rings. The number of guanidine groups is 1. The second kappa shape index (κ2) is 14.9. The van der Waals surface area contributed by atoms with E-state index in [0.29, 0.717) is 0 Å². The Morgan fingerprint density at radius 1 is 1.03 bits per heavy atom. The normalized spacial score (nSPS) is 18.6. The lowest BCUT2D eigenvalue weighted by Gasteiger charge is -2.28. The van der Waals surface area contributed by atoms with E-state index in [1.165, 1.54) is 63.7 Å². The second-order valence-corrected chi connectivity index (χ2v) is 8.40. The fourth-order valence-corrected chi connectivity index (χ4v) is 4.60. The van der Waals surface area contributed by atoms with Crippen molar-refractivity contribution < 1.29 is 4.74 Å². The molecule has 1 atom stereocenters. The third-order valence-corrected chi connectivity index (χ3v) is 6.24. The van der Waals surface area contributed by atoms with Gasteiger partial charge < -0.3 is 20.3 Å². The zero-order chi connectivity index (χ0) is 21.0. The molecule has 2 aliphatic rings. The van der Waals surface area contributed by atoms with E-state index in [1.807, 2.05) is 6.07 Å². The maximum Gasteiger partial charge on any atom is 0.191 e. The molecule has 7 heteroatoms. The predicted octanol–water partition coefficient (Wildman–Crippen LogP) is 3.88. The maximum absolute atomic E-state index is 5.66. The summed E-state index contributed by atoms with van der Waals surface area (Å²) < 4.78 is 5.66. The highest BCUT2D eigenvalue weighted by atomic mass is 127. The molecule has 2 N–H and O–H groups in total. The standard InChI is InChI=1S/C24H41N5O.HI/c1-3-25-24(26-14-6-7-15-28-16-8-9-17-28)27-20-22(29-18-10-11-19-29)21-12-4-5-13-23(21)30-2;/h4-5,12-13,22H,3,6-11,14-20H2,1-2H3,(H2,25,26,27);1H. The summed E-state index contributed by atoms with van der Waals surface area (Å²) >= 11 is 0. The van der Waals surface area contributed by atoms with E-state index in [4.69, 9.17) is 9.73 Å². The van der Waals surface area contributed by atoms with E-state index >= 15 is 0 Å². The van der Waals surface area contributed by atoms with E-state index in [1.54, 1.807) is 7.11 Å². The molecule has 0 bridgehead atoms. The molecule has 1 unspecified atom stereocenters. The Labute approximate surface area is 206 Å². The van der Waals surface area contributed by atoms with Gasteiger partial charge in [-0.05, 0) is 84.2 Å². The van der Waals surface area contributed by atoms with Crippen LogP contribution in [0.15, 0.2) is 29.3 Å². The molecule has 31 heavy (non-hydrogen) atoms. The largest absolute Gasteiger partial charge is 0.496 e. The minimum absolute atomic E-state index is 0. The first kappa shape index (κ1) is 26.2. The smallest absolute Gasteiger partial charge is 0.191 e. The second-order valence-electron chi connectivity index (χ2n) is 8.40. The van der Waals surface area contributed by atoms with Crippen molar-refractivity contribution in [3.63, 3.8) is 0 Å². The first-order chi connectivity index (χ1) is 14.8. The summed E-state index contributed by atoms with van der Waals surface area (Å²) in [5, 5.41) is 6.96. The molecule has 2 fully saturated rings. The minimum atomic E-state index is 0. The fourth-order valence-electron chi connectivity index (χ4n) is 4.60. The lowest BCUT2D eigenvalue weighted by atomic mass is 10.0. The Bertz CT molecular complexity index is 645. The number of hydrogen-bond acceptors (Lipinski definition) is 4. The van der Waals surface area contributed by atoms with Gasteiger partial charge in [0.05, 0.1) is 19.7 Å². The molecule has 2 heterocycles. The average molecular weight is 544 g/mol. The molecule has 0 saturated carbocycles. The molecule has 0 aromatic heterocycles. The van der Waals surface area contributed by atoms with Crippen LogP contribution in [0, 0.1) is 0 Å². The third-order valence-electron chi connectivity index (χ3n) is 6.24. The summed E-state index contributed by atoms with van der Waals surface area (Å²) in [5.41, 5.74) is 1.24. The molecular weight excluding hydrogens is 501 g/mol. The number of nitrogens with one attached hydrogen (secondary N) is 2. The van der Waals surface area contributed by atoms with Crippen molar-refractivity contribution in [2.75, 3.05) is 59.5 Å².